The van der Waals surface area contributed by atoms with Crippen LogP contribution in [-0.4, -0.2) is 31.8 Å². The number of esters is 1. The van der Waals surface area contributed by atoms with E-state index in [1.54, 1.807) is 0 Å². The molecule has 5 nitrogen and oxygen atoms in total. The predicted octanol–water partition coefficient (Wildman–Crippen LogP) is 0.00120. The summed E-state index contributed by atoms with van der Waals surface area (Å²) in [4.78, 5) is 21.2. The van der Waals surface area contributed by atoms with Gasteiger partial charge in [0.1, 0.15) is 0 Å². The van der Waals surface area contributed by atoms with E-state index in [-0.39, 0.29) is 42.4 Å². The van der Waals surface area contributed by atoms with Crippen molar-refractivity contribution in [2.45, 2.75) is 84.0 Å². The maximum Gasteiger partial charge on any atom is 1.00 e. The van der Waals surface area contributed by atoms with Gasteiger partial charge in [-0.15, -0.1) is 0 Å². The normalized spacial score (nSPS) is 11.7. The Morgan fingerprint density at radius 3 is 1.75 bits per heavy atom. The summed E-state index contributed by atoms with van der Waals surface area (Å²) in [6.07, 6.45) is 12.0. The molecular formula is C18H33NaO5. The van der Waals surface area contributed by atoms with Gasteiger partial charge in [-0.2, -0.15) is 0 Å². The minimum atomic E-state index is -1.21. The number of hydrogen-bond donors (Lipinski definition) is 0. The largest absolute Gasteiger partial charge is 1.00 e. The molecule has 1 heterocycles. The summed E-state index contributed by atoms with van der Waals surface area (Å²) in [5.74, 6) is -1.65. The van der Waals surface area contributed by atoms with Crippen molar-refractivity contribution in [3.05, 3.63) is 0 Å². The van der Waals surface area contributed by atoms with E-state index >= 15 is 0 Å². The minimum Gasteiger partial charge on any atom is -0.550 e. The zero-order valence-corrected chi connectivity index (χ0v) is 17.6. The molecule has 1 rings (SSSR count). The Bertz CT molecular complexity index is 292. The number of carboxylic acid groups (broad SMARTS) is 1. The monoisotopic (exact) mass is 352 g/mol. The van der Waals surface area contributed by atoms with Crippen molar-refractivity contribution in [3.63, 3.8) is 0 Å². The Hall–Kier alpha value is -0.100. The SMILES string of the molecule is C1CO1.CCCCCCCCCCCCOC(=O)CCC(=O)[O-].[Na+]. The molecule has 0 aromatic heterocycles. The van der Waals surface area contributed by atoms with Crippen molar-refractivity contribution in [2.24, 2.45) is 0 Å². The molecule has 0 saturated carbocycles. The molecule has 6 heteroatoms. The van der Waals surface area contributed by atoms with Crippen LogP contribution in [0.2, 0.25) is 0 Å². The summed E-state index contributed by atoms with van der Waals surface area (Å²) in [5, 5.41) is 10.1. The first-order valence-electron chi connectivity index (χ1n) is 9.10. The second-order valence-corrected chi connectivity index (χ2v) is 5.89. The fourth-order valence-electron chi connectivity index (χ4n) is 2.05. The standard InChI is InChI=1S/C16H30O4.C2H4O.Na/c1-2-3-4-5-6-7-8-9-10-11-14-20-16(19)13-12-15(17)18;1-2-3-1;/h2-14H2,1H3,(H,17,18);1-2H2;/q;;+1/p-1. The molecule has 1 saturated heterocycles. The van der Waals surface area contributed by atoms with E-state index in [0.29, 0.717) is 6.61 Å². The van der Waals surface area contributed by atoms with Crippen LogP contribution in [0.3, 0.4) is 0 Å². The average molecular weight is 352 g/mol. The van der Waals surface area contributed by atoms with Gasteiger partial charge in [-0.05, 0) is 12.8 Å². The number of hydrogen-bond acceptors (Lipinski definition) is 5. The molecule has 0 radical (unpaired) electrons. The Labute approximate surface area is 169 Å². The van der Waals surface area contributed by atoms with Crippen molar-refractivity contribution < 1.29 is 53.7 Å². The molecule has 1 aliphatic rings. The fraction of sp³-hybridized carbons (Fsp3) is 0.889. The van der Waals surface area contributed by atoms with Crippen molar-refractivity contribution >= 4 is 11.9 Å². The van der Waals surface area contributed by atoms with Crippen LogP contribution in [0.25, 0.3) is 0 Å². The van der Waals surface area contributed by atoms with Crippen LogP contribution in [0.5, 0.6) is 0 Å². The zero-order chi connectivity index (χ0) is 17.2. The Balaban J connectivity index is 0. The van der Waals surface area contributed by atoms with E-state index in [4.69, 9.17) is 4.74 Å². The average Bonchev–Trinajstić information content (AvgIpc) is 3.39. The summed E-state index contributed by atoms with van der Waals surface area (Å²) in [6.45, 7) is 4.63. The quantitative estimate of drug-likeness (QED) is 0.190. The number of ether oxygens (including phenoxy) is 2. The zero-order valence-electron chi connectivity index (χ0n) is 15.6. The first kappa shape index (κ1) is 26.1. The van der Waals surface area contributed by atoms with Gasteiger partial charge in [0.05, 0.1) is 26.2 Å². The Kier molecular flexibility index (Phi) is 22.8. The van der Waals surface area contributed by atoms with Gasteiger partial charge in [-0.3, -0.25) is 4.79 Å². The van der Waals surface area contributed by atoms with E-state index in [0.717, 1.165) is 26.1 Å². The van der Waals surface area contributed by atoms with E-state index in [2.05, 4.69) is 11.7 Å². The van der Waals surface area contributed by atoms with Gasteiger partial charge in [0.2, 0.25) is 0 Å². The second kappa shape index (κ2) is 20.9. The van der Waals surface area contributed by atoms with Gasteiger partial charge < -0.3 is 19.4 Å². The molecule has 0 bridgehead atoms. The van der Waals surface area contributed by atoms with E-state index < -0.39 is 11.9 Å². The van der Waals surface area contributed by atoms with Crippen molar-refractivity contribution in [3.8, 4) is 0 Å². The molecule has 1 aliphatic heterocycles. The maximum absolute atomic E-state index is 11.1. The van der Waals surface area contributed by atoms with Gasteiger partial charge in [0, 0.05) is 5.97 Å². The summed E-state index contributed by atoms with van der Waals surface area (Å²) in [6, 6.07) is 0. The molecule has 0 aromatic rings. The van der Waals surface area contributed by atoms with Crippen molar-refractivity contribution in [1.29, 1.82) is 0 Å². The minimum absolute atomic E-state index is 0. The van der Waals surface area contributed by atoms with Crippen LogP contribution >= 0.6 is 0 Å². The molecule has 0 amide bonds. The molecule has 24 heavy (non-hydrogen) atoms. The number of rotatable bonds is 14. The predicted molar refractivity (Wildman–Crippen MR) is 87.9 cm³/mol. The number of carbonyl (C=O) groups excluding carboxylic acids is 2. The third-order valence-electron chi connectivity index (χ3n) is 3.50. The first-order chi connectivity index (χ1) is 11.2. The smallest absolute Gasteiger partial charge is 0.550 e. The van der Waals surface area contributed by atoms with Crippen LogP contribution in [0, 0.1) is 0 Å². The van der Waals surface area contributed by atoms with Gasteiger partial charge in [0.15, 0.2) is 0 Å². The summed E-state index contributed by atoms with van der Waals surface area (Å²) >= 11 is 0. The van der Waals surface area contributed by atoms with Gasteiger partial charge in [-0.1, -0.05) is 64.7 Å². The van der Waals surface area contributed by atoms with Gasteiger partial charge >= 0.3 is 35.5 Å². The first-order valence-corrected chi connectivity index (χ1v) is 9.10. The summed E-state index contributed by atoms with van der Waals surface area (Å²) in [5.41, 5.74) is 0. The number of aliphatic carboxylic acids is 1. The van der Waals surface area contributed by atoms with Gasteiger partial charge in [0.25, 0.3) is 0 Å². The van der Waals surface area contributed by atoms with E-state index in [9.17, 15) is 14.7 Å². The van der Waals surface area contributed by atoms with E-state index in [1.807, 2.05) is 0 Å². The third-order valence-corrected chi connectivity index (χ3v) is 3.50. The molecule has 0 atom stereocenters. The molecular weight excluding hydrogens is 319 g/mol. The Morgan fingerprint density at radius 2 is 1.33 bits per heavy atom. The summed E-state index contributed by atoms with van der Waals surface area (Å²) in [7, 11) is 0. The second-order valence-electron chi connectivity index (χ2n) is 5.89. The fourth-order valence-corrected chi connectivity index (χ4v) is 2.05. The Morgan fingerprint density at radius 1 is 0.875 bits per heavy atom. The topological polar surface area (TPSA) is 79.0 Å². The van der Waals surface area contributed by atoms with Crippen LogP contribution in [0.4, 0.5) is 0 Å². The molecule has 0 unspecified atom stereocenters. The number of carboxylic acids is 1. The number of carbonyl (C=O) groups is 2. The molecule has 136 valence electrons. The van der Waals surface area contributed by atoms with Crippen LogP contribution in [0.1, 0.15) is 84.0 Å². The molecule has 0 aromatic carbocycles. The molecule has 0 spiro atoms. The maximum atomic E-state index is 11.1. The molecule has 1 fully saturated rings. The number of unbranched alkanes of at least 4 members (excludes halogenated alkanes) is 9. The van der Waals surface area contributed by atoms with Crippen molar-refractivity contribution in [2.75, 3.05) is 19.8 Å². The van der Waals surface area contributed by atoms with Crippen LogP contribution in [-0.2, 0) is 19.1 Å². The van der Waals surface area contributed by atoms with Crippen molar-refractivity contribution in [1.82, 2.24) is 0 Å². The summed E-state index contributed by atoms with van der Waals surface area (Å²) < 4.78 is 9.43. The van der Waals surface area contributed by atoms with Gasteiger partial charge in [-0.25, -0.2) is 0 Å². The molecule has 0 aliphatic carbocycles. The van der Waals surface area contributed by atoms with E-state index in [1.165, 1.54) is 51.4 Å². The third kappa shape index (κ3) is 26.8. The molecule has 0 N–H and O–H groups in total. The van der Waals surface area contributed by atoms with Crippen LogP contribution in [0.15, 0.2) is 0 Å². The number of epoxide rings is 1. The van der Waals surface area contributed by atoms with Crippen LogP contribution < -0.4 is 34.7 Å².